The van der Waals surface area contributed by atoms with Crippen LogP contribution in [0.25, 0.3) is 10.9 Å². The molecule has 1 atom stereocenters. The lowest BCUT2D eigenvalue weighted by atomic mass is 9.87. The van der Waals surface area contributed by atoms with E-state index in [1.54, 1.807) is 0 Å². The maximum absolute atomic E-state index is 13.5. The number of fused-ring (bicyclic) bond motifs is 1. The molecular weight excluding hydrogens is 459 g/mol. The summed E-state index contributed by atoms with van der Waals surface area (Å²) >= 11 is 0. The van der Waals surface area contributed by atoms with Gasteiger partial charge in [0.15, 0.2) is 0 Å². The van der Waals surface area contributed by atoms with E-state index in [1.165, 1.54) is 36.9 Å². The van der Waals surface area contributed by atoms with Crippen LogP contribution in [-0.4, -0.2) is 24.2 Å². The van der Waals surface area contributed by atoms with Crippen molar-refractivity contribution in [1.82, 2.24) is 9.88 Å². The lowest BCUT2D eigenvalue weighted by Gasteiger charge is -2.24. The van der Waals surface area contributed by atoms with Crippen LogP contribution in [0.15, 0.2) is 54.7 Å². The van der Waals surface area contributed by atoms with E-state index in [1.807, 2.05) is 12.1 Å². The maximum Gasteiger partial charge on any atom is 0.416 e. The summed E-state index contributed by atoms with van der Waals surface area (Å²) in [7, 11) is 0. The molecule has 1 heterocycles. The number of halogens is 4. The minimum absolute atomic E-state index is 0. The number of hydrogen-bond acceptors (Lipinski definition) is 2. The summed E-state index contributed by atoms with van der Waals surface area (Å²) in [6.45, 7) is 2.17. The van der Waals surface area contributed by atoms with Crippen LogP contribution in [-0.2, 0) is 6.18 Å². The Morgan fingerprint density at radius 1 is 1.00 bits per heavy atom. The van der Waals surface area contributed by atoms with Crippen LogP contribution >= 0.6 is 12.4 Å². The van der Waals surface area contributed by atoms with Gasteiger partial charge in [0.2, 0.25) is 0 Å². The zero-order valence-electron chi connectivity index (χ0n) is 19.5. The molecule has 1 saturated carbocycles. The number of alkyl halides is 3. The first-order valence-corrected chi connectivity index (χ1v) is 12.2. The summed E-state index contributed by atoms with van der Waals surface area (Å²) in [6, 6.07) is 14.7. The average Bonchev–Trinajstić information content (AvgIpc) is 3.21. The zero-order chi connectivity index (χ0) is 23.3. The predicted octanol–water partition coefficient (Wildman–Crippen LogP) is 7.05. The molecule has 7 heteroatoms. The Kier molecular flexibility index (Phi) is 9.46. The fraction of sp³-hybridized carbons (Fsp3) is 0.481. The number of aromatic nitrogens is 1. The Bertz CT molecular complexity index is 1040. The van der Waals surface area contributed by atoms with Crippen LogP contribution in [0.5, 0.6) is 0 Å². The third-order valence-corrected chi connectivity index (χ3v) is 6.90. The van der Waals surface area contributed by atoms with Crippen LogP contribution in [0.4, 0.5) is 13.2 Å². The van der Waals surface area contributed by atoms with Crippen LogP contribution in [0.3, 0.4) is 0 Å². The quantitative estimate of drug-likeness (QED) is 0.314. The summed E-state index contributed by atoms with van der Waals surface area (Å²) in [6.07, 6.45) is 5.55. The van der Waals surface area contributed by atoms with Crippen molar-refractivity contribution in [2.24, 2.45) is 5.73 Å². The molecule has 3 nitrogen and oxygen atoms in total. The molecule has 186 valence electrons. The normalized spacial score (nSPS) is 15.9. The first kappa shape index (κ1) is 26.6. The second-order valence-electron chi connectivity index (χ2n) is 9.16. The second kappa shape index (κ2) is 12.1. The third kappa shape index (κ3) is 6.15. The summed E-state index contributed by atoms with van der Waals surface area (Å²) in [5, 5.41) is 4.56. The fourth-order valence-corrected chi connectivity index (χ4v) is 5.20. The molecule has 1 fully saturated rings. The van der Waals surface area contributed by atoms with Gasteiger partial charge in [-0.2, -0.15) is 13.2 Å². The highest BCUT2D eigenvalue weighted by Crippen LogP contribution is 2.40. The molecule has 1 aliphatic rings. The molecule has 0 saturated heterocycles. The highest BCUT2D eigenvalue weighted by molar-refractivity contribution is 5.85. The summed E-state index contributed by atoms with van der Waals surface area (Å²) in [5.74, 6) is -0.118. The Morgan fingerprint density at radius 3 is 2.50 bits per heavy atom. The molecule has 3 aromatic rings. The van der Waals surface area contributed by atoms with E-state index in [4.69, 9.17) is 5.73 Å². The smallest absolute Gasteiger partial charge is 0.344 e. The van der Waals surface area contributed by atoms with Crippen molar-refractivity contribution in [1.29, 1.82) is 0 Å². The monoisotopic (exact) mass is 493 g/mol. The van der Waals surface area contributed by atoms with Crippen molar-refractivity contribution in [2.75, 3.05) is 19.6 Å². The molecule has 4 rings (SSSR count). The molecule has 0 aliphatic heterocycles. The molecular formula is C27H35ClF3N3. The number of nitrogens with two attached hydrogens (primary N) is 1. The van der Waals surface area contributed by atoms with Crippen molar-refractivity contribution >= 4 is 23.3 Å². The molecule has 34 heavy (non-hydrogen) atoms. The second-order valence-corrected chi connectivity index (χ2v) is 9.16. The third-order valence-electron chi connectivity index (χ3n) is 6.90. The van der Waals surface area contributed by atoms with Gasteiger partial charge in [0, 0.05) is 29.1 Å². The number of para-hydroxylation sites is 1. The van der Waals surface area contributed by atoms with E-state index in [0.29, 0.717) is 12.6 Å². The van der Waals surface area contributed by atoms with Gasteiger partial charge in [0.1, 0.15) is 0 Å². The van der Waals surface area contributed by atoms with Crippen LogP contribution in [0.2, 0.25) is 0 Å². The van der Waals surface area contributed by atoms with Crippen LogP contribution < -0.4 is 11.1 Å². The van der Waals surface area contributed by atoms with Gasteiger partial charge in [0.25, 0.3) is 0 Å². The van der Waals surface area contributed by atoms with E-state index in [-0.39, 0.29) is 18.3 Å². The van der Waals surface area contributed by atoms with E-state index in [2.05, 4.69) is 34.3 Å². The minimum atomic E-state index is -4.35. The highest BCUT2D eigenvalue weighted by Gasteiger charge is 2.31. The standard InChI is InChI=1S/C27H34F3N3.ClH/c28-27(29,30)21-9-6-8-20(18-21)23(14-17-32-16-7-15-31)25-19-33(22-10-2-1-3-11-22)26-13-5-4-12-24(25)26;/h4-6,8-9,12-13,18-19,22-23,32H,1-3,7,10-11,14-17,31H2;1H. The Balaban J connectivity index is 0.00000324. The van der Waals surface area contributed by atoms with Gasteiger partial charge in [-0.25, -0.2) is 0 Å². The van der Waals surface area contributed by atoms with E-state index in [0.717, 1.165) is 61.4 Å². The predicted molar refractivity (Wildman–Crippen MR) is 136 cm³/mol. The summed E-state index contributed by atoms with van der Waals surface area (Å²) < 4.78 is 42.9. The number of rotatable bonds is 9. The van der Waals surface area contributed by atoms with Gasteiger partial charge < -0.3 is 15.6 Å². The SMILES string of the molecule is Cl.NCCCNCCC(c1cccc(C(F)(F)F)c1)c1cn(C2CCCCC2)c2ccccc12. The average molecular weight is 494 g/mol. The van der Waals surface area contributed by atoms with Gasteiger partial charge in [-0.05, 0) is 68.6 Å². The van der Waals surface area contributed by atoms with E-state index >= 15 is 0 Å². The van der Waals surface area contributed by atoms with Crippen LogP contribution in [0.1, 0.15) is 73.6 Å². The van der Waals surface area contributed by atoms with Crippen molar-refractivity contribution < 1.29 is 13.2 Å². The molecule has 1 unspecified atom stereocenters. The van der Waals surface area contributed by atoms with Gasteiger partial charge in [-0.15, -0.1) is 12.4 Å². The van der Waals surface area contributed by atoms with Crippen LogP contribution in [0, 0.1) is 0 Å². The van der Waals surface area contributed by atoms with Gasteiger partial charge in [-0.3, -0.25) is 0 Å². The molecule has 0 spiro atoms. The molecule has 0 bridgehead atoms. The van der Waals surface area contributed by atoms with E-state index in [9.17, 15) is 13.2 Å². The Hall–Kier alpha value is -2.02. The molecule has 3 N–H and O–H groups in total. The maximum atomic E-state index is 13.5. The molecule has 1 aromatic heterocycles. The van der Waals surface area contributed by atoms with Gasteiger partial charge in [-0.1, -0.05) is 55.7 Å². The number of nitrogens with zero attached hydrogens (tertiary/aromatic N) is 1. The minimum Gasteiger partial charge on any atom is -0.344 e. The molecule has 0 amide bonds. The van der Waals surface area contributed by atoms with Gasteiger partial charge in [0.05, 0.1) is 5.56 Å². The highest BCUT2D eigenvalue weighted by atomic mass is 35.5. The number of hydrogen-bond donors (Lipinski definition) is 2. The first-order chi connectivity index (χ1) is 16.0. The van der Waals surface area contributed by atoms with E-state index < -0.39 is 11.7 Å². The lowest BCUT2D eigenvalue weighted by Crippen LogP contribution is -2.21. The van der Waals surface area contributed by atoms with Crippen molar-refractivity contribution in [2.45, 2.75) is 63.1 Å². The molecule has 2 aromatic carbocycles. The molecule has 1 aliphatic carbocycles. The lowest BCUT2D eigenvalue weighted by molar-refractivity contribution is -0.137. The Labute approximate surface area is 206 Å². The largest absolute Gasteiger partial charge is 0.416 e. The van der Waals surface area contributed by atoms with Crippen molar-refractivity contribution in [3.63, 3.8) is 0 Å². The van der Waals surface area contributed by atoms with Crippen molar-refractivity contribution in [3.05, 3.63) is 71.4 Å². The zero-order valence-corrected chi connectivity index (χ0v) is 20.3. The summed E-state index contributed by atoms with van der Waals surface area (Å²) in [5.41, 5.74) is 8.04. The van der Waals surface area contributed by atoms with Crippen molar-refractivity contribution in [3.8, 4) is 0 Å². The fourth-order valence-electron chi connectivity index (χ4n) is 5.20. The molecule has 0 radical (unpaired) electrons. The summed E-state index contributed by atoms with van der Waals surface area (Å²) in [4.78, 5) is 0. The topological polar surface area (TPSA) is 43.0 Å². The van der Waals surface area contributed by atoms with Gasteiger partial charge >= 0.3 is 6.18 Å². The number of benzene rings is 2. The number of nitrogens with one attached hydrogen (secondary N) is 1. The Morgan fingerprint density at radius 2 is 1.76 bits per heavy atom. The first-order valence-electron chi connectivity index (χ1n) is 12.2.